The topological polar surface area (TPSA) is 22.1 Å². The van der Waals surface area contributed by atoms with Crippen molar-refractivity contribution >= 4 is 15.9 Å². The Kier molecular flexibility index (Phi) is 3.76. The molecule has 3 unspecified atom stereocenters. The van der Waals surface area contributed by atoms with Crippen molar-refractivity contribution in [2.45, 2.75) is 30.7 Å². The molecule has 0 spiro atoms. The maximum atomic E-state index is 5.58. The lowest BCUT2D eigenvalue weighted by Gasteiger charge is -2.20. The van der Waals surface area contributed by atoms with Crippen LogP contribution in [0.2, 0.25) is 0 Å². The number of aromatic nitrogens is 1. The Morgan fingerprint density at radius 1 is 1.53 bits per heavy atom. The third-order valence-corrected chi connectivity index (χ3v) is 4.08. The molecule has 3 atom stereocenters. The van der Waals surface area contributed by atoms with Gasteiger partial charge in [0.2, 0.25) is 0 Å². The van der Waals surface area contributed by atoms with E-state index in [0.29, 0.717) is 16.8 Å². The summed E-state index contributed by atoms with van der Waals surface area (Å²) in [5.41, 5.74) is 1.34. The van der Waals surface area contributed by atoms with Gasteiger partial charge in [-0.05, 0) is 43.4 Å². The van der Waals surface area contributed by atoms with Crippen LogP contribution in [0.5, 0.6) is 0 Å². The van der Waals surface area contributed by atoms with Crippen LogP contribution in [0.25, 0.3) is 0 Å². The molecular weight excluding hydrogens is 254 g/mol. The largest absolute Gasteiger partial charge is 0.378 e. The molecule has 0 aliphatic carbocycles. The molecule has 1 aromatic rings. The van der Waals surface area contributed by atoms with Gasteiger partial charge in [0.1, 0.15) is 0 Å². The van der Waals surface area contributed by atoms with Gasteiger partial charge in [-0.2, -0.15) is 0 Å². The molecule has 0 amide bonds. The predicted octanol–water partition coefficient (Wildman–Crippen LogP) is 2.81. The zero-order chi connectivity index (χ0) is 10.7. The molecule has 2 rings (SSSR count). The van der Waals surface area contributed by atoms with Crippen molar-refractivity contribution in [1.29, 1.82) is 0 Å². The Morgan fingerprint density at radius 3 is 2.87 bits per heavy atom. The Hall–Kier alpha value is -0.410. The lowest BCUT2D eigenvalue weighted by atomic mass is 9.94. The van der Waals surface area contributed by atoms with E-state index in [1.54, 1.807) is 0 Å². The highest BCUT2D eigenvalue weighted by molar-refractivity contribution is 9.09. The van der Waals surface area contributed by atoms with Crippen LogP contribution in [0.15, 0.2) is 24.5 Å². The highest BCUT2D eigenvalue weighted by atomic mass is 79.9. The van der Waals surface area contributed by atoms with Crippen LogP contribution in [0.4, 0.5) is 0 Å². The van der Waals surface area contributed by atoms with Gasteiger partial charge in [0, 0.05) is 23.8 Å². The van der Waals surface area contributed by atoms with Gasteiger partial charge in [-0.3, -0.25) is 4.98 Å². The summed E-state index contributed by atoms with van der Waals surface area (Å²) in [6.07, 6.45) is 6.31. The molecule has 1 aliphatic rings. The van der Waals surface area contributed by atoms with Crippen molar-refractivity contribution in [2.75, 3.05) is 6.61 Å². The van der Waals surface area contributed by atoms with Crippen molar-refractivity contribution < 1.29 is 4.74 Å². The van der Waals surface area contributed by atoms with E-state index in [1.165, 1.54) is 12.0 Å². The summed E-state index contributed by atoms with van der Waals surface area (Å²) in [5, 5.41) is 0. The van der Waals surface area contributed by atoms with Crippen molar-refractivity contribution in [3.63, 3.8) is 0 Å². The number of alkyl halides is 1. The van der Waals surface area contributed by atoms with Gasteiger partial charge >= 0.3 is 0 Å². The predicted molar refractivity (Wildman–Crippen MR) is 64.2 cm³/mol. The maximum absolute atomic E-state index is 5.58. The monoisotopic (exact) mass is 269 g/mol. The summed E-state index contributed by atoms with van der Waals surface area (Å²) in [4.78, 5) is 4.54. The average molecular weight is 270 g/mol. The summed E-state index contributed by atoms with van der Waals surface area (Å²) in [6, 6.07) is 4.16. The molecule has 3 heteroatoms. The number of hydrogen-bond donors (Lipinski definition) is 0. The number of hydrogen-bond acceptors (Lipinski definition) is 2. The van der Waals surface area contributed by atoms with Crippen molar-refractivity contribution in [1.82, 2.24) is 4.98 Å². The van der Waals surface area contributed by atoms with Gasteiger partial charge in [-0.1, -0.05) is 15.9 Å². The minimum atomic E-state index is 0.385. The fourth-order valence-electron chi connectivity index (χ4n) is 2.12. The Morgan fingerprint density at radius 2 is 2.27 bits per heavy atom. The van der Waals surface area contributed by atoms with Gasteiger partial charge in [0.25, 0.3) is 0 Å². The highest BCUT2D eigenvalue weighted by Crippen LogP contribution is 2.30. The van der Waals surface area contributed by atoms with Gasteiger partial charge in [0.15, 0.2) is 0 Å². The lowest BCUT2D eigenvalue weighted by molar-refractivity contribution is 0.105. The standard InChI is InChI=1S/C12H16BrNO/c1-9-11(4-7-15-9)12(13)8-10-2-5-14-6-3-10/h2-3,5-6,9,11-12H,4,7-8H2,1H3. The number of ether oxygens (including phenoxy) is 1. The second-order valence-corrected chi connectivity index (χ2v) is 5.28. The van der Waals surface area contributed by atoms with Gasteiger partial charge in [-0.15, -0.1) is 0 Å². The molecule has 0 aromatic carbocycles. The van der Waals surface area contributed by atoms with E-state index >= 15 is 0 Å². The lowest BCUT2D eigenvalue weighted by Crippen LogP contribution is -2.23. The molecule has 0 saturated carbocycles. The van der Waals surface area contributed by atoms with E-state index in [1.807, 2.05) is 12.4 Å². The Balaban J connectivity index is 1.94. The maximum Gasteiger partial charge on any atom is 0.0586 e. The summed E-state index contributed by atoms with van der Waals surface area (Å²) in [6.45, 7) is 3.07. The van der Waals surface area contributed by atoms with Crippen LogP contribution < -0.4 is 0 Å². The van der Waals surface area contributed by atoms with Crippen LogP contribution in [-0.4, -0.2) is 22.5 Å². The van der Waals surface area contributed by atoms with Crippen LogP contribution in [0.1, 0.15) is 18.9 Å². The van der Waals surface area contributed by atoms with E-state index in [0.717, 1.165) is 13.0 Å². The fourth-order valence-corrected chi connectivity index (χ4v) is 3.19. The zero-order valence-electron chi connectivity index (χ0n) is 8.90. The van der Waals surface area contributed by atoms with Crippen molar-refractivity contribution in [3.8, 4) is 0 Å². The van der Waals surface area contributed by atoms with Crippen molar-refractivity contribution in [3.05, 3.63) is 30.1 Å². The molecule has 1 aliphatic heterocycles. The molecule has 15 heavy (non-hydrogen) atoms. The van der Waals surface area contributed by atoms with Gasteiger partial charge in [-0.25, -0.2) is 0 Å². The molecule has 0 radical (unpaired) electrons. The average Bonchev–Trinajstić information content (AvgIpc) is 2.66. The third-order valence-electron chi connectivity index (χ3n) is 3.08. The molecule has 0 N–H and O–H groups in total. The van der Waals surface area contributed by atoms with Crippen LogP contribution in [0, 0.1) is 5.92 Å². The molecule has 0 bridgehead atoms. The summed E-state index contributed by atoms with van der Waals surface area (Å²) >= 11 is 3.78. The van der Waals surface area contributed by atoms with Crippen LogP contribution in [0.3, 0.4) is 0 Å². The van der Waals surface area contributed by atoms with Gasteiger partial charge < -0.3 is 4.74 Å². The molecular formula is C12H16BrNO. The Bertz CT molecular complexity index is 304. The first-order valence-electron chi connectivity index (χ1n) is 5.42. The summed E-state index contributed by atoms with van der Waals surface area (Å²) in [5.74, 6) is 0.637. The van der Waals surface area contributed by atoms with Gasteiger partial charge in [0.05, 0.1) is 6.10 Å². The quantitative estimate of drug-likeness (QED) is 0.788. The first-order chi connectivity index (χ1) is 7.27. The summed E-state index contributed by atoms with van der Waals surface area (Å²) in [7, 11) is 0. The number of nitrogens with zero attached hydrogens (tertiary/aromatic N) is 1. The van der Waals surface area contributed by atoms with Crippen molar-refractivity contribution in [2.24, 2.45) is 5.92 Å². The SMILES string of the molecule is CC1OCCC1C(Br)Cc1ccncc1. The molecule has 2 nitrogen and oxygen atoms in total. The number of pyridine rings is 1. The highest BCUT2D eigenvalue weighted by Gasteiger charge is 2.30. The second kappa shape index (κ2) is 5.08. The molecule has 1 saturated heterocycles. The zero-order valence-corrected chi connectivity index (χ0v) is 10.5. The smallest absolute Gasteiger partial charge is 0.0586 e. The molecule has 82 valence electrons. The van der Waals surface area contributed by atoms with E-state index in [4.69, 9.17) is 4.74 Å². The van der Waals surface area contributed by atoms with E-state index in [9.17, 15) is 0 Å². The molecule has 2 heterocycles. The Labute approximate surface area is 99.2 Å². The van der Waals surface area contributed by atoms with Crippen LogP contribution >= 0.6 is 15.9 Å². The normalized spacial score (nSPS) is 27.9. The van der Waals surface area contributed by atoms with E-state index in [-0.39, 0.29) is 0 Å². The molecule has 1 fully saturated rings. The first-order valence-corrected chi connectivity index (χ1v) is 6.33. The van der Waals surface area contributed by atoms with Crippen LogP contribution in [-0.2, 0) is 11.2 Å². The third kappa shape index (κ3) is 2.79. The fraction of sp³-hybridized carbons (Fsp3) is 0.583. The first kappa shape index (κ1) is 11.1. The summed E-state index contributed by atoms with van der Waals surface area (Å²) < 4.78 is 5.58. The molecule has 1 aromatic heterocycles. The van der Waals surface area contributed by atoms with E-state index < -0.39 is 0 Å². The minimum Gasteiger partial charge on any atom is -0.378 e. The second-order valence-electron chi connectivity index (χ2n) is 4.10. The number of halogens is 1. The number of rotatable bonds is 3. The van der Waals surface area contributed by atoms with E-state index in [2.05, 4.69) is 40.0 Å². The minimum absolute atomic E-state index is 0.385.